The van der Waals surface area contributed by atoms with Crippen molar-refractivity contribution in [2.45, 2.75) is 39.3 Å². The summed E-state index contributed by atoms with van der Waals surface area (Å²) in [5, 5.41) is 10.2. The number of hydrogen-bond acceptors (Lipinski definition) is 3. The lowest BCUT2D eigenvalue weighted by molar-refractivity contribution is 0.138. The van der Waals surface area contributed by atoms with Gasteiger partial charge in [-0.3, -0.25) is 4.90 Å². The molecule has 0 amide bonds. The molecule has 1 aromatic rings. The number of piperidine rings is 1. The van der Waals surface area contributed by atoms with Crippen molar-refractivity contribution in [2.75, 3.05) is 27.2 Å². The fraction of sp³-hybridized carbons (Fsp3) is 0.625. The Hall–Kier alpha value is -1.06. The monoisotopic (exact) mass is 262 g/mol. The van der Waals surface area contributed by atoms with Crippen LogP contribution in [-0.4, -0.2) is 48.1 Å². The van der Waals surface area contributed by atoms with E-state index < -0.39 is 0 Å². The van der Waals surface area contributed by atoms with Crippen molar-refractivity contribution in [2.24, 2.45) is 0 Å². The van der Waals surface area contributed by atoms with Gasteiger partial charge in [0, 0.05) is 18.2 Å². The molecule has 3 heteroatoms. The van der Waals surface area contributed by atoms with E-state index in [-0.39, 0.29) is 0 Å². The second kappa shape index (κ2) is 5.93. The van der Waals surface area contributed by atoms with Gasteiger partial charge in [-0.1, -0.05) is 17.7 Å². The molecule has 0 radical (unpaired) electrons. The van der Waals surface area contributed by atoms with Gasteiger partial charge in [-0.15, -0.1) is 0 Å². The minimum absolute atomic E-state index is 0.463. The van der Waals surface area contributed by atoms with E-state index in [2.05, 4.69) is 36.9 Å². The van der Waals surface area contributed by atoms with Crippen LogP contribution in [0.2, 0.25) is 0 Å². The van der Waals surface area contributed by atoms with Gasteiger partial charge in [0.25, 0.3) is 0 Å². The Bertz CT molecular complexity index is 437. The maximum Gasteiger partial charge on any atom is 0.122 e. The minimum Gasteiger partial charge on any atom is -0.507 e. The first-order valence-corrected chi connectivity index (χ1v) is 7.15. The zero-order valence-corrected chi connectivity index (χ0v) is 12.6. The largest absolute Gasteiger partial charge is 0.507 e. The molecule has 2 rings (SSSR count). The molecule has 1 aliphatic heterocycles. The van der Waals surface area contributed by atoms with Crippen LogP contribution in [0.25, 0.3) is 0 Å². The highest BCUT2D eigenvalue weighted by atomic mass is 16.3. The molecule has 19 heavy (non-hydrogen) atoms. The highest BCUT2D eigenvalue weighted by Crippen LogP contribution is 2.26. The average molecular weight is 262 g/mol. The molecular formula is C16H26N2O. The smallest absolute Gasteiger partial charge is 0.122 e. The fourth-order valence-corrected chi connectivity index (χ4v) is 3.00. The van der Waals surface area contributed by atoms with Crippen LogP contribution in [0.15, 0.2) is 12.1 Å². The van der Waals surface area contributed by atoms with Gasteiger partial charge in [0.15, 0.2) is 0 Å². The SMILES string of the molecule is Cc1cc(C)c(O)c(CN(C)C2CCN(C)CC2)c1. The summed E-state index contributed by atoms with van der Waals surface area (Å²) < 4.78 is 0. The normalized spacial score (nSPS) is 18.2. The maximum atomic E-state index is 10.2. The second-order valence-corrected chi connectivity index (χ2v) is 6.04. The highest BCUT2D eigenvalue weighted by molar-refractivity contribution is 5.42. The quantitative estimate of drug-likeness (QED) is 0.907. The topological polar surface area (TPSA) is 26.7 Å². The van der Waals surface area contributed by atoms with Gasteiger partial charge in [0.2, 0.25) is 0 Å². The zero-order chi connectivity index (χ0) is 14.0. The molecule has 3 nitrogen and oxygen atoms in total. The number of nitrogens with zero attached hydrogens (tertiary/aromatic N) is 2. The number of rotatable bonds is 3. The van der Waals surface area contributed by atoms with E-state index in [1.54, 1.807) is 0 Å². The average Bonchev–Trinajstić information content (AvgIpc) is 2.36. The van der Waals surface area contributed by atoms with Crippen molar-refractivity contribution >= 4 is 0 Å². The van der Waals surface area contributed by atoms with Gasteiger partial charge in [0.05, 0.1) is 0 Å². The van der Waals surface area contributed by atoms with Crippen molar-refractivity contribution in [3.8, 4) is 5.75 Å². The lowest BCUT2D eigenvalue weighted by Crippen LogP contribution is -2.41. The third-order valence-corrected chi connectivity index (χ3v) is 4.25. The summed E-state index contributed by atoms with van der Waals surface area (Å²) >= 11 is 0. The number of phenolic OH excluding ortho intramolecular Hbond substituents is 1. The molecule has 1 aliphatic rings. The van der Waals surface area contributed by atoms with Crippen LogP contribution in [0.4, 0.5) is 0 Å². The molecule has 0 bridgehead atoms. The summed E-state index contributed by atoms with van der Waals surface area (Å²) in [6.07, 6.45) is 2.44. The number of hydrogen-bond donors (Lipinski definition) is 1. The molecule has 1 N–H and O–H groups in total. The van der Waals surface area contributed by atoms with Crippen LogP contribution >= 0.6 is 0 Å². The van der Waals surface area contributed by atoms with E-state index in [1.807, 2.05) is 13.0 Å². The first-order valence-electron chi connectivity index (χ1n) is 7.15. The molecule has 0 spiro atoms. The highest BCUT2D eigenvalue weighted by Gasteiger charge is 2.21. The Morgan fingerprint density at radius 2 is 1.89 bits per heavy atom. The lowest BCUT2D eigenvalue weighted by Gasteiger charge is -2.35. The molecule has 0 unspecified atom stereocenters. The van der Waals surface area contributed by atoms with Crippen LogP contribution in [0, 0.1) is 13.8 Å². The molecule has 1 saturated heterocycles. The van der Waals surface area contributed by atoms with E-state index in [1.165, 1.54) is 31.5 Å². The minimum atomic E-state index is 0.463. The van der Waals surface area contributed by atoms with Crippen molar-refractivity contribution in [1.82, 2.24) is 9.80 Å². The number of benzene rings is 1. The molecule has 0 saturated carbocycles. The first-order chi connectivity index (χ1) is 8.97. The first kappa shape index (κ1) is 14.4. The standard InChI is InChI=1S/C16H26N2O/c1-12-9-13(2)16(19)14(10-12)11-18(4)15-5-7-17(3)8-6-15/h9-10,15,19H,5-8,11H2,1-4H3. The third kappa shape index (κ3) is 3.48. The van der Waals surface area contributed by atoms with E-state index in [0.717, 1.165) is 17.7 Å². The lowest BCUT2D eigenvalue weighted by atomic mass is 10.0. The van der Waals surface area contributed by atoms with Crippen molar-refractivity contribution < 1.29 is 5.11 Å². The summed E-state index contributed by atoms with van der Waals surface area (Å²) in [6, 6.07) is 4.78. The van der Waals surface area contributed by atoms with Gasteiger partial charge in [-0.25, -0.2) is 0 Å². The summed E-state index contributed by atoms with van der Waals surface area (Å²) in [5.41, 5.74) is 3.26. The molecule has 0 atom stereocenters. The van der Waals surface area contributed by atoms with E-state index in [4.69, 9.17) is 0 Å². The molecule has 0 aromatic heterocycles. The Balaban J connectivity index is 2.04. The van der Waals surface area contributed by atoms with Crippen LogP contribution in [0.5, 0.6) is 5.75 Å². The number of phenols is 1. The van der Waals surface area contributed by atoms with E-state index in [0.29, 0.717) is 11.8 Å². The van der Waals surface area contributed by atoms with Crippen molar-refractivity contribution in [1.29, 1.82) is 0 Å². The van der Waals surface area contributed by atoms with Crippen molar-refractivity contribution in [3.63, 3.8) is 0 Å². The molecule has 1 fully saturated rings. The number of aryl methyl sites for hydroxylation is 2. The van der Waals surface area contributed by atoms with Gasteiger partial charge < -0.3 is 10.0 Å². The summed E-state index contributed by atoms with van der Waals surface area (Å²) in [4.78, 5) is 4.78. The van der Waals surface area contributed by atoms with Crippen molar-refractivity contribution in [3.05, 3.63) is 28.8 Å². The van der Waals surface area contributed by atoms with Gasteiger partial charge in [0.1, 0.15) is 5.75 Å². The van der Waals surface area contributed by atoms with Gasteiger partial charge in [-0.2, -0.15) is 0 Å². The number of aromatic hydroxyl groups is 1. The fourth-order valence-electron chi connectivity index (χ4n) is 3.00. The van der Waals surface area contributed by atoms with Crippen LogP contribution in [0.3, 0.4) is 0 Å². The molecule has 1 heterocycles. The Morgan fingerprint density at radius 1 is 1.26 bits per heavy atom. The maximum absolute atomic E-state index is 10.2. The predicted octanol–water partition coefficient (Wildman–Crippen LogP) is 2.54. The molecule has 0 aliphatic carbocycles. The zero-order valence-electron chi connectivity index (χ0n) is 12.6. The molecule has 1 aromatic carbocycles. The Kier molecular flexibility index (Phi) is 4.48. The second-order valence-electron chi connectivity index (χ2n) is 6.04. The summed E-state index contributed by atoms with van der Waals surface area (Å²) in [7, 11) is 4.36. The van der Waals surface area contributed by atoms with Gasteiger partial charge in [-0.05, 0) is 59.4 Å². The summed E-state index contributed by atoms with van der Waals surface area (Å²) in [5.74, 6) is 0.463. The van der Waals surface area contributed by atoms with E-state index in [9.17, 15) is 5.11 Å². The van der Waals surface area contributed by atoms with Gasteiger partial charge >= 0.3 is 0 Å². The van der Waals surface area contributed by atoms with Crippen LogP contribution < -0.4 is 0 Å². The molecule has 106 valence electrons. The van der Waals surface area contributed by atoms with E-state index >= 15 is 0 Å². The Labute approximate surface area is 116 Å². The number of likely N-dealkylation sites (tertiary alicyclic amines) is 1. The third-order valence-electron chi connectivity index (χ3n) is 4.25. The molecular weight excluding hydrogens is 236 g/mol. The van der Waals surface area contributed by atoms with Crippen LogP contribution in [-0.2, 0) is 6.54 Å². The predicted molar refractivity (Wildman–Crippen MR) is 79.6 cm³/mol. The Morgan fingerprint density at radius 3 is 2.53 bits per heavy atom. The summed E-state index contributed by atoms with van der Waals surface area (Å²) in [6.45, 7) is 7.25. The van der Waals surface area contributed by atoms with Crippen LogP contribution in [0.1, 0.15) is 29.5 Å².